The van der Waals surface area contributed by atoms with Crippen molar-refractivity contribution in [1.29, 1.82) is 0 Å². The number of halogens is 2. The first-order chi connectivity index (χ1) is 7.59. The van der Waals surface area contributed by atoms with Crippen LogP contribution in [0.25, 0.3) is 0 Å². The molecule has 5 heteroatoms. The van der Waals surface area contributed by atoms with Gasteiger partial charge in [0.05, 0.1) is 11.1 Å². The van der Waals surface area contributed by atoms with Gasteiger partial charge in [0.25, 0.3) is 0 Å². The van der Waals surface area contributed by atoms with E-state index in [1.54, 1.807) is 0 Å². The summed E-state index contributed by atoms with van der Waals surface area (Å²) in [4.78, 5) is 10.5. The number of benzene rings is 1. The SMILES string of the molecule is O=C(O)CCc1cc2c(c(F)c1Br)OCC2. The normalized spacial score (nSPS) is 13.4. The van der Waals surface area contributed by atoms with Crippen molar-refractivity contribution in [3.63, 3.8) is 0 Å². The Morgan fingerprint density at radius 1 is 1.62 bits per heavy atom. The molecule has 1 aliphatic heterocycles. The van der Waals surface area contributed by atoms with Crippen LogP contribution in [0.5, 0.6) is 5.75 Å². The highest BCUT2D eigenvalue weighted by molar-refractivity contribution is 9.10. The first-order valence-corrected chi connectivity index (χ1v) is 5.73. The van der Waals surface area contributed by atoms with Gasteiger partial charge in [0, 0.05) is 18.4 Å². The summed E-state index contributed by atoms with van der Waals surface area (Å²) in [7, 11) is 0. The summed E-state index contributed by atoms with van der Waals surface area (Å²) < 4.78 is 19.3. The molecule has 0 fully saturated rings. The zero-order valence-corrected chi connectivity index (χ0v) is 10.0. The molecule has 1 aliphatic rings. The average molecular weight is 289 g/mol. The van der Waals surface area contributed by atoms with Gasteiger partial charge in [-0.25, -0.2) is 4.39 Å². The summed E-state index contributed by atoms with van der Waals surface area (Å²) in [6, 6.07) is 1.82. The summed E-state index contributed by atoms with van der Waals surface area (Å²) >= 11 is 3.14. The molecule has 0 atom stereocenters. The molecule has 3 nitrogen and oxygen atoms in total. The Kier molecular flexibility index (Phi) is 3.14. The molecule has 1 aromatic rings. The maximum absolute atomic E-state index is 13.8. The molecule has 0 spiro atoms. The molecule has 1 N–H and O–H groups in total. The smallest absolute Gasteiger partial charge is 0.303 e. The first-order valence-electron chi connectivity index (χ1n) is 4.94. The molecule has 0 unspecified atom stereocenters. The van der Waals surface area contributed by atoms with E-state index in [4.69, 9.17) is 9.84 Å². The van der Waals surface area contributed by atoms with E-state index >= 15 is 0 Å². The third-order valence-corrected chi connectivity index (χ3v) is 3.40. The number of carboxylic acids is 1. The number of fused-ring (bicyclic) bond motifs is 1. The topological polar surface area (TPSA) is 46.5 Å². The van der Waals surface area contributed by atoms with Crippen molar-refractivity contribution in [2.45, 2.75) is 19.3 Å². The fraction of sp³-hybridized carbons (Fsp3) is 0.364. The Morgan fingerprint density at radius 3 is 3.06 bits per heavy atom. The minimum absolute atomic E-state index is 0.00230. The fourth-order valence-electron chi connectivity index (χ4n) is 1.75. The molecule has 1 aromatic carbocycles. The van der Waals surface area contributed by atoms with Crippen LogP contribution >= 0.6 is 15.9 Å². The van der Waals surface area contributed by atoms with Crippen molar-refractivity contribution in [2.75, 3.05) is 6.61 Å². The van der Waals surface area contributed by atoms with E-state index in [2.05, 4.69) is 15.9 Å². The van der Waals surface area contributed by atoms with Crippen molar-refractivity contribution in [1.82, 2.24) is 0 Å². The number of hydrogen-bond acceptors (Lipinski definition) is 2. The number of rotatable bonds is 3. The van der Waals surface area contributed by atoms with Crippen molar-refractivity contribution < 1.29 is 19.0 Å². The Bertz CT molecular complexity index is 445. The maximum Gasteiger partial charge on any atom is 0.303 e. The maximum atomic E-state index is 13.8. The number of aryl methyl sites for hydroxylation is 1. The molecular weight excluding hydrogens is 279 g/mol. The van der Waals surface area contributed by atoms with Crippen molar-refractivity contribution in [3.05, 3.63) is 27.5 Å². The lowest BCUT2D eigenvalue weighted by molar-refractivity contribution is -0.136. The lowest BCUT2D eigenvalue weighted by Crippen LogP contribution is -2.00. The van der Waals surface area contributed by atoms with E-state index in [1.807, 2.05) is 6.07 Å². The van der Waals surface area contributed by atoms with Crippen LogP contribution in [0.3, 0.4) is 0 Å². The average Bonchev–Trinajstić information content (AvgIpc) is 2.69. The number of hydrogen-bond donors (Lipinski definition) is 1. The summed E-state index contributed by atoms with van der Waals surface area (Å²) in [6.45, 7) is 0.487. The molecule has 0 saturated heterocycles. The van der Waals surface area contributed by atoms with Gasteiger partial charge in [-0.05, 0) is 27.9 Å². The van der Waals surface area contributed by atoms with E-state index in [-0.39, 0.29) is 6.42 Å². The summed E-state index contributed by atoms with van der Waals surface area (Å²) in [6.07, 6.45) is 0.997. The molecule has 1 heterocycles. The van der Waals surface area contributed by atoms with Crippen molar-refractivity contribution in [3.8, 4) is 5.75 Å². The minimum atomic E-state index is -0.885. The second-order valence-electron chi connectivity index (χ2n) is 3.64. The number of aliphatic carboxylic acids is 1. The predicted octanol–water partition coefficient (Wildman–Crippen LogP) is 2.54. The van der Waals surface area contributed by atoms with Gasteiger partial charge in [-0.3, -0.25) is 4.79 Å². The molecule has 0 radical (unpaired) electrons. The largest absolute Gasteiger partial charge is 0.490 e. The van der Waals surface area contributed by atoms with Crippen LogP contribution in [-0.2, 0) is 17.6 Å². The van der Waals surface area contributed by atoms with Crippen LogP contribution in [0.1, 0.15) is 17.5 Å². The van der Waals surface area contributed by atoms with Gasteiger partial charge >= 0.3 is 5.97 Å². The van der Waals surface area contributed by atoms with Crippen LogP contribution in [0.2, 0.25) is 0 Å². The number of ether oxygens (including phenoxy) is 1. The molecule has 0 amide bonds. The Balaban J connectivity index is 2.32. The molecular formula is C11H10BrFO3. The van der Waals surface area contributed by atoms with Crippen LogP contribution in [-0.4, -0.2) is 17.7 Å². The van der Waals surface area contributed by atoms with E-state index < -0.39 is 11.8 Å². The molecule has 86 valence electrons. The third-order valence-electron chi connectivity index (χ3n) is 2.54. The molecule has 0 bridgehead atoms. The predicted molar refractivity (Wildman–Crippen MR) is 59.3 cm³/mol. The number of carboxylic acid groups (broad SMARTS) is 1. The fourth-order valence-corrected chi connectivity index (χ4v) is 2.24. The number of carbonyl (C=O) groups is 1. The monoisotopic (exact) mass is 288 g/mol. The molecule has 16 heavy (non-hydrogen) atoms. The second kappa shape index (κ2) is 4.41. The second-order valence-corrected chi connectivity index (χ2v) is 4.44. The standard InChI is InChI=1S/C11H10BrFO3/c12-9-6(1-2-8(14)15)5-7-3-4-16-11(7)10(9)13/h5H,1-4H2,(H,14,15). The van der Waals surface area contributed by atoms with E-state index in [9.17, 15) is 9.18 Å². The lowest BCUT2D eigenvalue weighted by Gasteiger charge is -2.08. The zero-order chi connectivity index (χ0) is 11.7. The highest BCUT2D eigenvalue weighted by Crippen LogP contribution is 2.36. The lowest BCUT2D eigenvalue weighted by atomic mass is 10.0. The van der Waals surface area contributed by atoms with Gasteiger partial charge < -0.3 is 9.84 Å². The van der Waals surface area contributed by atoms with Gasteiger partial charge in [-0.15, -0.1) is 0 Å². The van der Waals surface area contributed by atoms with Gasteiger partial charge in [-0.1, -0.05) is 6.07 Å². The highest BCUT2D eigenvalue weighted by atomic mass is 79.9. The minimum Gasteiger partial charge on any atom is -0.490 e. The Hall–Kier alpha value is -1.10. The molecule has 0 aromatic heterocycles. The van der Waals surface area contributed by atoms with Crippen LogP contribution in [0.4, 0.5) is 4.39 Å². The third kappa shape index (κ3) is 2.04. The molecule has 0 aliphatic carbocycles. The van der Waals surface area contributed by atoms with Gasteiger partial charge in [0.1, 0.15) is 0 Å². The van der Waals surface area contributed by atoms with E-state index in [0.717, 1.165) is 5.56 Å². The molecule has 2 rings (SSSR count). The van der Waals surface area contributed by atoms with Crippen LogP contribution in [0.15, 0.2) is 10.5 Å². The Morgan fingerprint density at radius 2 is 2.38 bits per heavy atom. The van der Waals surface area contributed by atoms with Crippen molar-refractivity contribution in [2.24, 2.45) is 0 Å². The first kappa shape index (κ1) is 11.4. The van der Waals surface area contributed by atoms with Gasteiger partial charge in [0.15, 0.2) is 11.6 Å². The van der Waals surface area contributed by atoms with Gasteiger partial charge in [-0.2, -0.15) is 0 Å². The Labute approximate surface area is 100 Å². The van der Waals surface area contributed by atoms with Crippen LogP contribution < -0.4 is 4.74 Å². The summed E-state index contributed by atoms with van der Waals surface area (Å²) in [5.74, 6) is -1.01. The zero-order valence-electron chi connectivity index (χ0n) is 8.43. The quantitative estimate of drug-likeness (QED) is 0.930. The van der Waals surface area contributed by atoms with E-state index in [1.165, 1.54) is 0 Å². The molecule has 0 saturated carbocycles. The van der Waals surface area contributed by atoms with Crippen molar-refractivity contribution >= 4 is 21.9 Å². The summed E-state index contributed by atoms with van der Waals surface area (Å²) in [5, 5.41) is 8.59. The van der Waals surface area contributed by atoms with Crippen LogP contribution in [0, 0.1) is 5.82 Å². The summed E-state index contributed by atoms with van der Waals surface area (Å²) in [5.41, 5.74) is 1.50. The van der Waals surface area contributed by atoms with Gasteiger partial charge in [0.2, 0.25) is 0 Å². The van der Waals surface area contributed by atoms with E-state index in [0.29, 0.717) is 35.2 Å². The highest BCUT2D eigenvalue weighted by Gasteiger charge is 2.22.